The molecule has 1 spiro atoms. The van der Waals surface area contributed by atoms with Gasteiger partial charge >= 0.3 is 0 Å². The third kappa shape index (κ3) is 4.84. The molecule has 0 aliphatic heterocycles. The summed E-state index contributed by atoms with van der Waals surface area (Å²) in [6, 6.07) is 79.5. The van der Waals surface area contributed by atoms with E-state index in [1.165, 1.54) is 98.4 Å². The van der Waals surface area contributed by atoms with Gasteiger partial charge in [-0.25, -0.2) is 0 Å². The maximum Gasteiger partial charge on any atom is 0.0740 e. The number of anilines is 3. The van der Waals surface area contributed by atoms with E-state index in [0.29, 0.717) is 0 Å². The fourth-order valence-electron chi connectivity index (χ4n) is 11.3. The van der Waals surface area contributed by atoms with Crippen molar-refractivity contribution in [2.45, 2.75) is 24.7 Å². The summed E-state index contributed by atoms with van der Waals surface area (Å²) in [6.07, 6.45) is 0. The molecule has 0 bridgehead atoms. The van der Waals surface area contributed by atoms with Crippen LogP contribution in [-0.2, 0) is 10.8 Å². The lowest BCUT2D eigenvalue weighted by Crippen LogP contribution is -2.25. The first-order valence-electron chi connectivity index (χ1n) is 21.7. The van der Waals surface area contributed by atoms with Gasteiger partial charge in [0.15, 0.2) is 0 Å². The van der Waals surface area contributed by atoms with Crippen molar-refractivity contribution in [3.63, 3.8) is 0 Å². The van der Waals surface area contributed by atoms with Gasteiger partial charge in [-0.3, -0.25) is 0 Å². The lowest BCUT2D eigenvalue weighted by atomic mass is 9.70. The van der Waals surface area contributed by atoms with Crippen molar-refractivity contribution in [3.8, 4) is 54.9 Å². The molecule has 0 radical (unpaired) electrons. The van der Waals surface area contributed by atoms with E-state index in [4.69, 9.17) is 0 Å². The Kier molecular flexibility index (Phi) is 7.51. The van der Waals surface area contributed by atoms with E-state index in [-0.39, 0.29) is 5.41 Å². The van der Waals surface area contributed by atoms with Gasteiger partial charge in [-0.15, -0.1) is 11.3 Å². The average molecular weight is 808 g/mol. The van der Waals surface area contributed by atoms with Gasteiger partial charge in [0.25, 0.3) is 0 Å². The van der Waals surface area contributed by atoms with Gasteiger partial charge in [-0.2, -0.15) is 0 Å². The predicted molar refractivity (Wildman–Crippen MR) is 261 cm³/mol. The number of nitrogens with zero attached hydrogens (tertiary/aromatic N) is 1. The largest absolute Gasteiger partial charge is 0.310 e. The van der Waals surface area contributed by atoms with E-state index < -0.39 is 5.41 Å². The third-order valence-electron chi connectivity index (χ3n) is 14.1. The summed E-state index contributed by atoms with van der Waals surface area (Å²) in [7, 11) is 0. The molecule has 1 aromatic heterocycles. The fraction of sp³-hybridized carbons (Fsp3) is 0.0667. The van der Waals surface area contributed by atoms with Crippen LogP contribution in [0.1, 0.15) is 47.2 Å². The van der Waals surface area contributed by atoms with Gasteiger partial charge in [-0.05, 0) is 137 Å². The highest BCUT2D eigenvalue weighted by molar-refractivity contribution is 7.22. The second kappa shape index (κ2) is 13.1. The summed E-state index contributed by atoms with van der Waals surface area (Å²) in [5, 5.41) is 1.35. The maximum atomic E-state index is 2.51. The van der Waals surface area contributed by atoms with Gasteiger partial charge in [0.2, 0.25) is 0 Å². The molecule has 3 aliphatic rings. The summed E-state index contributed by atoms with van der Waals surface area (Å²) in [5.41, 5.74) is 22.7. The smallest absolute Gasteiger partial charge is 0.0740 e. The Balaban J connectivity index is 0.990. The van der Waals surface area contributed by atoms with Crippen molar-refractivity contribution in [1.82, 2.24) is 0 Å². The Bertz CT molecular complexity index is 3440. The number of fused-ring (bicyclic) bond motifs is 15. The van der Waals surface area contributed by atoms with Crippen LogP contribution < -0.4 is 4.90 Å². The summed E-state index contributed by atoms with van der Waals surface area (Å²) in [5.74, 6) is 0. The monoisotopic (exact) mass is 807 g/mol. The summed E-state index contributed by atoms with van der Waals surface area (Å²) in [6.45, 7) is 4.73. The molecule has 0 saturated carbocycles. The van der Waals surface area contributed by atoms with E-state index >= 15 is 0 Å². The van der Waals surface area contributed by atoms with E-state index in [1.54, 1.807) is 0 Å². The van der Waals surface area contributed by atoms with Crippen molar-refractivity contribution >= 4 is 38.5 Å². The van der Waals surface area contributed by atoms with Gasteiger partial charge in [0, 0.05) is 32.1 Å². The first-order chi connectivity index (χ1) is 30.5. The molecule has 1 nitrogen and oxygen atoms in total. The summed E-state index contributed by atoms with van der Waals surface area (Å²) < 4.78 is 1.34. The van der Waals surface area contributed by atoms with E-state index in [1.807, 2.05) is 11.3 Å². The molecular formula is C60H41NS. The topological polar surface area (TPSA) is 3.24 Å². The molecule has 62 heavy (non-hydrogen) atoms. The molecule has 9 aromatic carbocycles. The molecule has 0 fully saturated rings. The third-order valence-corrected chi connectivity index (χ3v) is 15.3. The lowest BCUT2D eigenvalue weighted by molar-refractivity contribution is 0.660. The van der Waals surface area contributed by atoms with Crippen molar-refractivity contribution in [2.75, 3.05) is 4.90 Å². The molecule has 3 aliphatic carbocycles. The normalized spacial score (nSPS) is 15.8. The second-order valence-electron chi connectivity index (χ2n) is 17.6. The maximum absolute atomic E-state index is 2.51. The van der Waals surface area contributed by atoms with Crippen LogP contribution in [0.25, 0.3) is 65.0 Å². The molecule has 1 atom stereocenters. The van der Waals surface area contributed by atoms with Crippen molar-refractivity contribution in [3.05, 3.63) is 246 Å². The Labute approximate surface area is 366 Å². The standard InChI is InChI=1S/C60H41NS/c1-59(2)51-23-10-6-19-45(51)47-34-32-44(37-54(47)59)61(42-30-27-39(28-31-42)38-15-4-3-5-16-38)43-18-14-17-40(35-43)41-29-33-48-46-20-7-11-24-52(46)60(55(48)36-41)53-25-12-8-21-49(53)58-57(60)50-22-9-13-26-56(50)62-58/h3-37H,1-2H3. The molecule has 292 valence electrons. The van der Waals surface area contributed by atoms with Gasteiger partial charge < -0.3 is 4.90 Å². The van der Waals surface area contributed by atoms with Crippen molar-refractivity contribution in [1.29, 1.82) is 0 Å². The van der Waals surface area contributed by atoms with Crippen LogP contribution in [-0.4, -0.2) is 0 Å². The Morgan fingerprint density at radius 1 is 0.355 bits per heavy atom. The van der Waals surface area contributed by atoms with Crippen LogP contribution in [0.2, 0.25) is 0 Å². The quantitative estimate of drug-likeness (QED) is 0.167. The fourth-order valence-corrected chi connectivity index (χ4v) is 12.6. The Morgan fingerprint density at radius 3 is 1.69 bits per heavy atom. The summed E-state index contributed by atoms with van der Waals surface area (Å²) >= 11 is 1.94. The number of hydrogen-bond acceptors (Lipinski definition) is 2. The molecule has 13 rings (SSSR count). The molecule has 0 amide bonds. The van der Waals surface area contributed by atoms with Crippen LogP contribution in [0.4, 0.5) is 17.1 Å². The van der Waals surface area contributed by atoms with Crippen LogP contribution in [0.5, 0.6) is 0 Å². The number of rotatable bonds is 5. The SMILES string of the molecule is CC1(C)c2ccccc2-c2ccc(N(c3ccc(-c4ccccc4)cc3)c3cccc(-c4ccc5c(c4)C4(c6ccccc6-5)c5ccccc5-c5sc6ccccc6c54)c3)cc21. The second-order valence-corrected chi connectivity index (χ2v) is 18.7. The molecule has 10 aromatic rings. The molecule has 0 saturated heterocycles. The predicted octanol–water partition coefficient (Wildman–Crippen LogP) is 16.4. The van der Waals surface area contributed by atoms with Gasteiger partial charge in [-0.1, -0.05) is 178 Å². The van der Waals surface area contributed by atoms with Crippen LogP contribution >= 0.6 is 11.3 Å². The minimum Gasteiger partial charge on any atom is -0.310 e. The van der Waals surface area contributed by atoms with E-state index in [0.717, 1.165) is 17.1 Å². The molecule has 1 heterocycles. The highest BCUT2D eigenvalue weighted by atomic mass is 32.1. The van der Waals surface area contributed by atoms with Crippen LogP contribution in [0.3, 0.4) is 0 Å². The van der Waals surface area contributed by atoms with Gasteiger partial charge in [0.1, 0.15) is 0 Å². The highest BCUT2D eigenvalue weighted by Crippen LogP contribution is 2.66. The highest BCUT2D eigenvalue weighted by Gasteiger charge is 2.53. The Morgan fingerprint density at radius 2 is 0.887 bits per heavy atom. The molecule has 2 heteroatoms. The van der Waals surface area contributed by atoms with Crippen LogP contribution in [0.15, 0.2) is 212 Å². The number of thiophene rings is 1. The number of benzene rings is 9. The van der Waals surface area contributed by atoms with E-state index in [2.05, 4.69) is 231 Å². The molecule has 1 unspecified atom stereocenters. The zero-order valence-corrected chi connectivity index (χ0v) is 35.4. The Hall–Kier alpha value is -7.26. The van der Waals surface area contributed by atoms with E-state index in [9.17, 15) is 0 Å². The zero-order valence-electron chi connectivity index (χ0n) is 34.6. The lowest BCUT2D eigenvalue weighted by Gasteiger charge is -2.31. The van der Waals surface area contributed by atoms with Crippen LogP contribution in [0, 0.1) is 0 Å². The number of hydrogen-bond donors (Lipinski definition) is 0. The van der Waals surface area contributed by atoms with Crippen molar-refractivity contribution in [2.24, 2.45) is 0 Å². The first-order valence-corrected chi connectivity index (χ1v) is 22.5. The minimum absolute atomic E-state index is 0.114. The first kappa shape index (κ1) is 35.5. The summed E-state index contributed by atoms with van der Waals surface area (Å²) in [4.78, 5) is 3.84. The molecule has 0 N–H and O–H groups in total. The minimum atomic E-state index is -0.410. The average Bonchev–Trinajstić information content (AvgIpc) is 4.01. The molecular weight excluding hydrogens is 767 g/mol. The zero-order chi connectivity index (χ0) is 41.2. The van der Waals surface area contributed by atoms with Gasteiger partial charge in [0.05, 0.1) is 5.41 Å². The van der Waals surface area contributed by atoms with Crippen molar-refractivity contribution < 1.29 is 0 Å².